The molecule has 1 heterocycles. The molecule has 0 aliphatic heterocycles. The molecule has 0 aromatic carbocycles. The molecular formula is C5H4ClN2O-. The molecule has 1 aromatic rings. The zero-order valence-electron chi connectivity index (χ0n) is 4.76. The van der Waals surface area contributed by atoms with E-state index in [0.29, 0.717) is 5.56 Å². The molecule has 0 atom stereocenters. The van der Waals surface area contributed by atoms with Crippen molar-refractivity contribution in [3.05, 3.63) is 16.8 Å². The second kappa shape index (κ2) is 2.19. The van der Waals surface area contributed by atoms with Gasteiger partial charge in [-0.05, 0) is 18.6 Å². The quantitative estimate of drug-likeness (QED) is 0.532. The lowest BCUT2D eigenvalue weighted by atomic mass is 10.3. The summed E-state index contributed by atoms with van der Waals surface area (Å²) < 4.78 is 0. The van der Waals surface area contributed by atoms with Gasteiger partial charge < -0.3 is 5.11 Å². The largest absolute Gasteiger partial charge is 0.857 e. The topological polar surface area (TPSA) is 48.8 Å². The Labute approximate surface area is 57.3 Å². The molecule has 0 amide bonds. The van der Waals surface area contributed by atoms with Gasteiger partial charge >= 0.3 is 0 Å². The third kappa shape index (κ3) is 1.29. The lowest BCUT2D eigenvalue weighted by molar-refractivity contribution is -0.276. The number of nitrogens with zero attached hydrogens (tertiary/aromatic N) is 2. The zero-order chi connectivity index (χ0) is 6.85. The van der Waals surface area contributed by atoms with Crippen LogP contribution in [0.25, 0.3) is 0 Å². The Bertz CT molecular complexity index is 226. The second-order valence-corrected chi connectivity index (χ2v) is 2.04. The lowest BCUT2D eigenvalue weighted by Gasteiger charge is -2.04. The van der Waals surface area contributed by atoms with E-state index < -0.39 is 0 Å². The molecular weight excluding hydrogens is 140 g/mol. The van der Waals surface area contributed by atoms with Gasteiger partial charge in [-0.15, -0.1) is 5.10 Å². The monoisotopic (exact) mass is 143 g/mol. The van der Waals surface area contributed by atoms with Crippen molar-refractivity contribution >= 4 is 11.6 Å². The Morgan fingerprint density at radius 2 is 2.22 bits per heavy atom. The van der Waals surface area contributed by atoms with Gasteiger partial charge in [-0.3, -0.25) is 0 Å². The van der Waals surface area contributed by atoms with Crippen LogP contribution >= 0.6 is 11.6 Å². The summed E-state index contributed by atoms with van der Waals surface area (Å²) in [6, 6.07) is 1.48. The van der Waals surface area contributed by atoms with Gasteiger partial charge in [0.25, 0.3) is 0 Å². The molecule has 4 heteroatoms. The third-order valence-corrected chi connectivity index (χ3v) is 1.09. The van der Waals surface area contributed by atoms with E-state index in [0.717, 1.165) is 0 Å². The lowest BCUT2D eigenvalue weighted by Crippen LogP contribution is -1.98. The average molecular weight is 144 g/mol. The van der Waals surface area contributed by atoms with Crippen LogP contribution < -0.4 is 5.11 Å². The summed E-state index contributed by atoms with van der Waals surface area (Å²) in [5.74, 6) is -0.320. The Hall–Kier alpha value is -0.830. The van der Waals surface area contributed by atoms with Crippen LogP contribution in [0.2, 0.25) is 5.15 Å². The third-order valence-electron chi connectivity index (χ3n) is 0.909. The van der Waals surface area contributed by atoms with E-state index in [1.54, 1.807) is 6.92 Å². The summed E-state index contributed by atoms with van der Waals surface area (Å²) in [4.78, 5) is 0. The fourth-order valence-electron chi connectivity index (χ4n) is 0.441. The Kier molecular flexibility index (Phi) is 1.53. The first-order valence-electron chi connectivity index (χ1n) is 2.37. The zero-order valence-corrected chi connectivity index (χ0v) is 5.51. The van der Waals surface area contributed by atoms with Gasteiger partial charge in [0.15, 0.2) is 5.15 Å². The van der Waals surface area contributed by atoms with E-state index >= 15 is 0 Å². The molecule has 1 aromatic heterocycles. The first-order chi connectivity index (χ1) is 4.20. The van der Waals surface area contributed by atoms with E-state index in [4.69, 9.17) is 11.6 Å². The summed E-state index contributed by atoms with van der Waals surface area (Å²) >= 11 is 5.40. The van der Waals surface area contributed by atoms with Crippen LogP contribution in [0.15, 0.2) is 6.07 Å². The minimum absolute atomic E-state index is 0.257. The highest BCUT2D eigenvalue weighted by atomic mass is 35.5. The molecule has 1 rings (SSSR count). The molecule has 48 valence electrons. The second-order valence-electron chi connectivity index (χ2n) is 1.66. The first kappa shape index (κ1) is 6.29. The molecule has 0 N–H and O–H groups in total. The predicted octanol–water partition coefficient (Wildman–Crippen LogP) is 0.512. The van der Waals surface area contributed by atoms with Crippen LogP contribution in [-0.2, 0) is 0 Å². The number of hydrogen-bond donors (Lipinski definition) is 0. The van der Waals surface area contributed by atoms with Gasteiger partial charge in [0.1, 0.15) is 0 Å². The Morgan fingerprint density at radius 1 is 1.56 bits per heavy atom. The van der Waals surface area contributed by atoms with Crippen LogP contribution in [-0.4, -0.2) is 10.2 Å². The minimum Gasteiger partial charge on any atom is -0.857 e. The van der Waals surface area contributed by atoms with E-state index in [1.165, 1.54) is 6.07 Å². The van der Waals surface area contributed by atoms with Crippen LogP contribution in [0.3, 0.4) is 0 Å². The van der Waals surface area contributed by atoms with Gasteiger partial charge in [-0.1, -0.05) is 11.6 Å². The van der Waals surface area contributed by atoms with Crippen molar-refractivity contribution in [1.82, 2.24) is 10.2 Å². The van der Waals surface area contributed by atoms with Crippen LogP contribution in [0, 0.1) is 6.92 Å². The molecule has 0 aliphatic rings. The first-order valence-corrected chi connectivity index (χ1v) is 2.75. The SMILES string of the molecule is Cc1cc(Cl)nnc1[O-]. The highest BCUT2D eigenvalue weighted by Gasteiger charge is 1.89. The molecule has 0 fully saturated rings. The molecule has 0 saturated heterocycles. The Morgan fingerprint density at radius 3 is 2.67 bits per heavy atom. The van der Waals surface area contributed by atoms with Gasteiger partial charge in [-0.25, -0.2) is 0 Å². The van der Waals surface area contributed by atoms with Crippen molar-refractivity contribution in [2.24, 2.45) is 0 Å². The smallest absolute Gasteiger partial charge is 0.151 e. The highest BCUT2D eigenvalue weighted by molar-refractivity contribution is 6.29. The van der Waals surface area contributed by atoms with Gasteiger partial charge in [0.2, 0.25) is 0 Å². The maximum atomic E-state index is 10.5. The molecule has 0 radical (unpaired) electrons. The van der Waals surface area contributed by atoms with Crippen molar-refractivity contribution < 1.29 is 5.11 Å². The number of rotatable bonds is 0. The fraction of sp³-hybridized carbons (Fsp3) is 0.200. The van der Waals surface area contributed by atoms with Gasteiger partial charge in [0, 0.05) is 5.88 Å². The van der Waals surface area contributed by atoms with Gasteiger partial charge in [0.05, 0.1) is 0 Å². The average Bonchev–Trinajstić information content (AvgIpc) is 1.80. The van der Waals surface area contributed by atoms with Crippen molar-refractivity contribution in [2.75, 3.05) is 0 Å². The normalized spacial score (nSPS) is 9.56. The molecule has 9 heavy (non-hydrogen) atoms. The number of aryl methyl sites for hydroxylation is 1. The predicted molar refractivity (Wildman–Crippen MR) is 31.2 cm³/mol. The van der Waals surface area contributed by atoms with Gasteiger partial charge in [-0.2, -0.15) is 5.10 Å². The van der Waals surface area contributed by atoms with Crippen molar-refractivity contribution in [1.29, 1.82) is 0 Å². The maximum absolute atomic E-state index is 10.5. The maximum Gasteiger partial charge on any atom is 0.151 e. The molecule has 0 saturated carbocycles. The standard InChI is InChI=1S/C5H5ClN2O/c1-3-2-4(6)7-8-5(3)9/h2H,1H3,(H,8,9)/p-1. The summed E-state index contributed by atoms with van der Waals surface area (Å²) in [6.07, 6.45) is 0. The summed E-state index contributed by atoms with van der Waals surface area (Å²) in [5, 5.41) is 17.4. The summed E-state index contributed by atoms with van der Waals surface area (Å²) in [5.41, 5.74) is 0.523. The van der Waals surface area contributed by atoms with Crippen LogP contribution in [0.4, 0.5) is 0 Å². The number of hydrogen-bond acceptors (Lipinski definition) is 3. The van der Waals surface area contributed by atoms with Crippen molar-refractivity contribution in [2.45, 2.75) is 6.92 Å². The molecule has 0 spiro atoms. The van der Waals surface area contributed by atoms with Crippen LogP contribution in [0.5, 0.6) is 5.88 Å². The highest BCUT2D eigenvalue weighted by Crippen LogP contribution is 2.10. The van der Waals surface area contributed by atoms with E-state index in [-0.39, 0.29) is 11.0 Å². The van der Waals surface area contributed by atoms with E-state index in [1.807, 2.05) is 0 Å². The summed E-state index contributed by atoms with van der Waals surface area (Å²) in [7, 11) is 0. The number of halogens is 1. The minimum atomic E-state index is -0.320. The van der Waals surface area contributed by atoms with Crippen LogP contribution in [0.1, 0.15) is 5.56 Å². The molecule has 0 unspecified atom stereocenters. The number of aromatic nitrogens is 2. The Balaban J connectivity index is 3.17. The fourth-order valence-corrected chi connectivity index (χ4v) is 0.643. The molecule has 0 bridgehead atoms. The van der Waals surface area contributed by atoms with Crippen molar-refractivity contribution in [3.63, 3.8) is 0 Å². The molecule has 3 nitrogen and oxygen atoms in total. The van der Waals surface area contributed by atoms with E-state index in [2.05, 4.69) is 10.2 Å². The summed E-state index contributed by atoms with van der Waals surface area (Å²) in [6.45, 7) is 1.64. The van der Waals surface area contributed by atoms with E-state index in [9.17, 15) is 5.11 Å². The van der Waals surface area contributed by atoms with Crippen molar-refractivity contribution in [3.8, 4) is 5.88 Å². The molecule has 0 aliphatic carbocycles.